The molecule has 2 aromatic rings. The third-order valence-electron chi connectivity index (χ3n) is 7.96. The number of piperazine rings is 1. The average molecular weight is 611 g/mol. The standard InChI is InChI=1S/C32H42N4O8/c1-6-44-32(40)36-16-14-35(15-17-36)28(39)8-7-13-33-25-12-10-22-23(19-26(25)38)24(34-20(2)37)11-9-21-18-27(41-3)30(42-4)31(43-5)29(21)22/h10,12,18-19,24H,6-9,11,13-17H2,1-5H3,(H,33,38)(H,34,37). The van der Waals surface area contributed by atoms with Gasteiger partial charge in [0, 0.05) is 51.6 Å². The highest BCUT2D eigenvalue weighted by Gasteiger charge is 2.29. The Hall–Kier alpha value is -4.48. The second-order valence-corrected chi connectivity index (χ2v) is 10.7. The van der Waals surface area contributed by atoms with E-state index in [9.17, 15) is 19.2 Å². The fraction of sp³-hybridized carbons (Fsp3) is 0.500. The molecule has 238 valence electrons. The van der Waals surface area contributed by atoms with Gasteiger partial charge in [0.2, 0.25) is 23.0 Å². The van der Waals surface area contributed by atoms with Crippen LogP contribution in [-0.4, -0.2) is 88.4 Å². The highest BCUT2D eigenvalue weighted by molar-refractivity contribution is 5.84. The molecule has 3 amide bonds. The van der Waals surface area contributed by atoms with E-state index < -0.39 is 6.04 Å². The normalized spacial score (nSPS) is 15.7. The second-order valence-electron chi connectivity index (χ2n) is 10.7. The molecule has 1 heterocycles. The zero-order chi connectivity index (χ0) is 31.8. The molecular weight excluding hydrogens is 568 g/mol. The number of amides is 3. The van der Waals surface area contributed by atoms with E-state index in [-0.39, 0.29) is 23.3 Å². The maximum Gasteiger partial charge on any atom is 0.409 e. The minimum absolute atomic E-state index is 0.00853. The number of hydrogen-bond donors (Lipinski definition) is 2. The SMILES string of the molecule is CCOC(=O)N1CCN(C(=O)CCCNc2ccc3c(cc2=O)C(NC(C)=O)CCc2cc(OC)c(OC)c(OC)c2-3)CC1. The van der Waals surface area contributed by atoms with Crippen LogP contribution in [0.15, 0.2) is 29.1 Å². The van der Waals surface area contributed by atoms with Gasteiger partial charge in [0.25, 0.3) is 0 Å². The van der Waals surface area contributed by atoms with Crippen molar-refractivity contribution in [2.45, 2.75) is 45.6 Å². The minimum Gasteiger partial charge on any atom is -0.493 e. The van der Waals surface area contributed by atoms with Gasteiger partial charge in [0.15, 0.2) is 11.5 Å². The number of fused-ring (bicyclic) bond motifs is 3. The van der Waals surface area contributed by atoms with Crippen LogP contribution in [0.1, 0.15) is 50.3 Å². The maximum absolute atomic E-state index is 13.5. The van der Waals surface area contributed by atoms with Gasteiger partial charge in [-0.25, -0.2) is 4.79 Å². The zero-order valence-corrected chi connectivity index (χ0v) is 26.1. The van der Waals surface area contributed by atoms with E-state index in [2.05, 4.69) is 10.6 Å². The fourth-order valence-electron chi connectivity index (χ4n) is 5.83. The van der Waals surface area contributed by atoms with Crippen molar-refractivity contribution in [3.05, 3.63) is 45.6 Å². The van der Waals surface area contributed by atoms with E-state index in [0.717, 1.165) is 16.7 Å². The molecule has 0 spiro atoms. The summed E-state index contributed by atoms with van der Waals surface area (Å²) in [6, 6.07) is 6.67. The van der Waals surface area contributed by atoms with E-state index in [1.807, 2.05) is 12.1 Å². The third kappa shape index (κ3) is 7.17. The highest BCUT2D eigenvalue weighted by atomic mass is 16.6. The molecule has 4 rings (SSSR count). The number of benzene rings is 1. The topological polar surface area (TPSA) is 136 Å². The first-order chi connectivity index (χ1) is 21.2. The predicted molar refractivity (Wildman–Crippen MR) is 166 cm³/mol. The van der Waals surface area contributed by atoms with Crippen molar-refractivity contribution in [1.29, 1.82) is 0 Å². The van der Waals surface area contributed by atoms with Crippen LogP contribution in [0.5, 0.6) is 17.2 Å². The van der Waals surface area contributed by atoms with Crippen molar-refractivity contribution in [2.24, 2.45) is 0 Å². The molecule has 1 atom stereocenters. The van der Waals surface area contributed by atoms with Crippen LogP contribution in [0.3, 0.4) is 0 Å². The van der Waals surface area contributed by atoms with Crippen molar-refractivity contribution in [3.8, 4) is 28.4 Å². The Morgan fingerprint density at radius 2 is 1.66 bits per heavy atom. The largest absolute Gasteiger partial charge is 0.493 e. The van der Waals surface area contributed by atoms with E-state index in [0.29, 0.717) is 93.5 Å². The number of aryl methyl sites for hydroxylation is 1. The lowest BCUT2D eigenvalue weighted by molar-refractivity contribution is -0.132. The van der Waals surface area contributed by atoms with E-state index in [1.54, 1.807) is 50.2 Å². The fourth-order valence-corrected chi connectivity index (χ4v) is 5.83. The van der Waals surface area contributed by atoms with E-state index in [1.165, 1.54) is 6.92 Å². The third-order valence-corrected chi connectivity index (χ3v) is 7.96. The summed E-state index contributed by atoms with van der Waals surface area (Å²) in [6.45, 7) is 5.77. The van der Waals surface area contributed by atoms with Crippen molar-refractivity contribution in [2.75, 3.05) is 66.0 Å². The summed E-state index contributed by atoms with van der Waals surface area (Å²) in [4.78, 5) is 53.7. The molecular formula is C32H42N4O8. The molecule has 1 unspecified atom stereocenters. The Kier molecular flexibility index (Phi) is 10.9. The lowest BCUT2D eigenvalue weighted by atomic mass is 9.95. The summed E-state index contributed by atoms with van der Waals surface area (Å²) in [5, 5.41) is 6.21. The van der Waals surface area contributed by atoms with Crippen LogP contribution in [0, 0.1) is 0 Å². The Balaban J connectivity index is 1.53. The smallest absolute Gasteiger partial charge is 0.409 e. The molecule has 0 radical (unpaired) electrons. The molecule has 12 nitrogen and oxygen atoms in total. The van der Waals surface area contributed by atoms with Crippen molar-refractivity contribution in [1.82, 2.24) is 15.1 Å². The summed E-state index contributed by atoms with van der Waals surface area (Å²) in [5.41, 5.74) is 3.31. The Morgan fingerprint density at radius 1 is 0.955 bits per heavy atom. The number of nitrogens with zero attached hydrogens (tertiary/aromatic N) is 2. The van der Waals surface area contributed by atoms with Gasteiger partial charge in [-0.3, -0.25) is 14.4 Å². The summed E-state index contributed by atoms with van der Waals surface area (Å²) in [7, 11) is 4.67. The summed E-state index contributed by atoms with van der Waals surface area (Å²) < 4.78 is 22.1. The van der Waals surface area contributed by atoms with E-state index >= 15 is 0 Å². The number of methoxy groups -OCH3 is 3. The second kappa shape index (κ2) is 14.8. The molecule has 44 heavy (non-hydrogen) atoms. The Bertz CT molecular complexity index is 1440. The van der Waals surface area contributed by atoms with Gasteiger partial charge in [0.1, 0.15) is 0 Å². The van der Waals surface area contributed by atoms with Gasteiger partial charge >= 0.3 is 6.09 Å². The van der Waals surface area contributed by atoms with Crippen LogP contribution >= 0.6 is 0 Å². The molecule has 0 saturated carbocycles. The summed E-state index contributed by atoms with van der Waals surface area (Å²) >= 11 is 0. The lowest BCUT2D eigenvalue weighted by Gasteiger charge is -2.34. The molecule has 0 aromatic heterocycles. The van der Waals surface area contributed by atoms with Crippen LogP contribution in [0.4, 0.5) is 10.5 Å². The Morgan fingerprint density at radius 3 is 2.30 bits per heavy atom. The van der Waals surface area contributed by atoms with Gasteiger partial charge in [-0.1, -0.05) is 6.07 Å². The van der Waals surface area contributed by atoms with Crippen molar-refractivity contribution in [3.63, 3.8) is 0 Å². The maximum atomic E-state index is 13.5. The van der Waals surface area contributed by atoms with Crippen LogP contribution in [0.2, 0.25) is 0 Å². The quantitative estimate of drug-likeness (QED) is 0.388. The number of nitrogens with one attached hydrogen (secondary N) is 2. The monoisotopic (exact) mass is 610 g/mol. The highest BCUT2D eigenvalue weighted by Crippen LogP contribution is 2.50. The average Bonchev–Trinajstić information content (AvgIpc) is 3.26. The first kappa shape index (κ1) is 32.4. The lowest BCUT2D eigenvalue weighted by Crippen LogP contribution is -2.50. The van der Waals surface area contributed by atoms with Crippen molar-refractivity contribution >= 4 is 23.6 Å². The summed E-state index contributed by atoms with van der Waals surface area (Å²) in [6.07, 6.45) is 1.67. The molecule has 1 aliphatic heterocycles. The number of anilines is 1. The van der Waals surface area contributed by atoms with Crippen LogP contribution in [0.25, 0.3) is 11.1 Å². The predicted octanol–water partition coefficient (Wildman–Crippen LogP) is 3.36. The van der Waals surface area contributed by atoms with Crippen LogP contribution < -0.4 is 30.3 Å². The summed E-state index contributed by atoms with van der Waals surface area (Å²) in [5.74, 6) is 1.27. The molecule has 2 aromatic carbocycles. The van der Waals surface area contributed by atoms with Crippen molar-refractivity contribution < 1.29 is 33.3 Å². The Labute approximate surface area is 257 Å². The molecule has 1 aliphatic carbocycles. The molecule has 12 heteroatoms. The molecule has 2 aliphatic rings. The number of hydrogen-bond acceptors (Lipinski definition) is 9. The molecule has 2 N–H and O–H groups in total. The van der Waals surface area contributed by atoms with Gasteiger partial charge in [-0.15, -0.1) is 0 Å². The minimum atomic E-state index is -0.397. The van der Waals surface area contributed by atoms with Crippen LogP contribution in [-0.2, 0) is 20.7 Å². The molecule has 0 bridgehead atoms. The number of carbonyl (C=O) groups excluding carboxylic acids is 3. The molecule has 1 saturated heterocycles. The van der Waals surface area contributed by atoms with Gasteiger partial charge in [0.05, 0.1) is 39.7 Å². The number of ether oxygens (including phenoxy) is 4. The van der Waals surface area contributed by atoms with Gasteiger partial charge in [-0.05, 0) is 61.1 Å². The van der Waals surface area contributed by atoms with Gasteiger partial charge < -0.3 is 39.4 Å². The number of carbonyl (C=O) groups is 3. The first-order valence-electron chi connectivity index (χ1n) is 14.9. The zero-order valence-electron chi connectivity index (χ0n) is 26.1. The molecule has 1 fully saturated rings. The first-order valence-corrected chi connectivity index (χ1v) is 14.9. The number of rotatable bonds is 10. The van der Waals surface area contributed by atoms with E-state index in [4.69, 9.17) is 18.9 Å². The van der Waals surface area contributed by atoms with Gasteiger partial charge in [-0.2, -0.15) is 0 Å².